The number of fused-ring (bicyclic) bond motifs is 1. The highest BCUT2D eigenvalue weighted by Gasteiger charge is 2.18. The Bertz CT molecular complexity index is 1200. The zero-order chi connectivity index (χ0) is 25.6. The van der Waals surface area contributed by atoms with E-state index >= 15 is 0 Å². The van der Waals surface area contributed by atoms with Crippen LogP contribution in [-0.2, 0) is 11.3 Å². The minimum absolute atomic E-state index is 0.0173. The first-order valence-corrected chi connectivity index (χ1v) is 11.5. The fourth-order valence-corrected chi connectivity index (χ4v) is 3.22. The van der Waals surface area contributed by atoms with Gasteiger partial charge in [0.15, 0.2) is 11.2 Å². The summed E-state index contributed by atoms with van der Waals surface area (Å²) in [5, 5.41) is 19.0. The largest absolute Gasteiger partial charge is 0.492 e. The van der Waals surface area contributed by atoms with Crippen molar-refractivity contribution in [3.8, 4) is 5.88 Å². The minimum Gasteiger partial charge on any atom is -0.492 e. The number of nitrogens with one attached hydrogen (secondary N) is 3. The molecular formula is C24H32N8O3. The van der Waals surface area contributed by atoms with E-state index in [0.717, 1.165) is 12.1 Å². The Morgan fingerprint density at radius 1 is 1.14 bits per heavy atom. The van der Waals surface area contributed by atoms with Gasteiger partial charge in [0.05, 0.1) is 18.4 Å². The molecule has 2 heterocycles. The maximum Gasteiger partial charge on any atom is 0.251 e. The van der Waals surface area contributed by atoms with E-state index in [9.17, 15) is 14.7 Å². The second-order valence-electron chi connectivity index (χ2n) is 9.07. The molecular weight excluding hydrogens is 448 g/mol. The molecule has 6 N–H and O–H groups in total. The molecule has 0 bridgehead atoms. The van der Waals surface area contributed by atoms with Gasteiger partial charge in [0.2, 0.25) is 17.7 Å². The van der Waals surface area contributed by atoms with Gasteiger partial charge < -0.3 is 26.8 Å². The maximum absolute atomic E-state index is 12.6. The molecule has 1 aromatic carbocycles. The maximum atomic E-state index is 12.6. The Morgan fingerprint density at radius 2 is 1.86 bits per heavy atom. The van der Waals surface area contributed by atoms with Crippen molar-refractivity contribution in [1.29, 1.82) is 0 Å². The van der Waals surface area contributed by atoms with Crippen LogP contribution in [0.25, 0.3) is 11.2 Å². The van der Waals surface area contributed by atoms with Gasteiger partial charge in [-0.1, -0.05) is 6.92 Å². The lowest BCUT2D eigenvalue weighted by Gasteiger charge is -2.25. The van der Waals surface area contributed by atoms with Crippen LogP contribution in [0.15, 0.2) is 30.5 Å². The van der Waals surface area contributed by atoms with Crippen molar-refractivity contribution in [2.45, 2.75) is 65.1 Å². The van der Waals surface area contributed by atoms with Crippen LogP contribution in [0.5, 0.6) is 5.88 Å². The molecule has 0 saturated heterocycles. The molecule has 0 fully saturated rings. The summed E-state index contributed by atoms with van der Waals surface area (Å²) in [6.45, 7) is 8.22. The summed E-state index contributed by atoms with van der Waals surface area (Å²) in [6, 6.07) is 6.87. The Hall–Kier alpha value is -4.02. The van der Waals surface area contributed by atoms with Crippen LogP contribution in [0, 0.1) is 0 Å². The van der Waals surface area contributed by atoms with E-state index in [1.807, 2.05) is 27.7 Å². The number of hydrogen-bond acceptors (Lipinski definition) is 9. The molecule has 3 aromatic rings. The van der Waals surface area contributed by atoms with E-state index < -0.39 is 0 Å². The van der Waals surface area contributed by atoms with Crippen LogP contribution in [0.3, 0.4) is 0 Å². The molecule has 0 aliphatic heterocycles. The van der Waals surface area contributed by atoms with Crippen LogP contribution in [-0.4, -0.2) is 48.4 Å². The predicted octanol–water partition coefficient (Wildman–Crippen LogP) is 2.52. The Morgan fingerprint density at radius 3 is 2.54 bits per heavy atom. The first-order valence-electron chi connectivity index (χ1n) is 11.5. The molecule has 186 valence electrons. The van der Waals surface area contributed by atoms with Gasteiger partial charge in [-0.05, 0) is 57.9 Å². The average Bonchev–Trinajstić information content (AvgIpc) is 2.81. The third-order valence-electron chi connectivity index (χ3n) is 5.62. The molecule has 11 heteroatoms. The molecule has 1 atom stereocenters. The SMILES string of the molecule is CCC(C)(C)NC(=O)CC[C@@H](C)NC(=O)c1ccc(NCc2cnc3nc(N)nc(O)c3n2)cc1. The Kier molecular flexibility index (Phi) is 8.00. The Balaban J connectivity index is 1.50. The topological polar surface area (TPSA) is 168 Å². The number of aromatic hydroxyl groups is 1. The van der Waals surface area contributed by atoms with Gasteiger partial charge in [0, 0.05) is 29.3 Å². The van der Waals surface area contributed by atoms with Crippen molar-refractivity contribution in [1.82, 2.24) is 30.6 Å². The summed E-state index contributed by atoms with van der Waals surface area (Å²) in [7, 11) is 0. The quantitative estimate of drug-likeness (QED) is 0.293. The molecule has 0 radical (unpaired) electrons. The highest BCUT2D eigenvalue weighted by molar-refractivity contribution is 5.94. The van der Waals surface area contributed by atoms with Crippen LogP contribution in [0.1, 0.15) is 63.0 Å². The van der Waals surface area contributed by atoms with Gasteiger partial charge in [-0.15, -0.1) is 0 Å². The number of carbonyl (C=O) groups is 2. The highest BCUT2D eigenvalue weighted by atomic mass is 16.3. The monoisotopic (exact) mass is 480 g/mol. The lowest BCUT2D eigenvalue weighted by molar-refractivity contribution is -0.122. The summed E-state index contributed by atoms with van der Waals surface area (Å²) in [4.78, 5) is 40.8. The molecule has 0 spiro atoms. The normalized spacial score (nSPS) is 12.2. The summed E-state index contributed by atoms with van der Waals surface area (Å²) in [6.07, 6.45) is 3.28. The van der Waals surface area contributed by atoms with E-state index in [4.69, 9.17) is 5.73 Å². The molecule has 2 amide bonds. The number of nitrogens with zero attached hydrogens (tertiary/aromatic N) is 4. The molecule has 11 nitrogen and oxygen atoms in total. The van der Waals surface area contributed by atoms with Gasteiger partial charge in [0.25, 0.3) is 5.91 Å². The van der Waals surface area contributed by atoms with E-state index in [0.29, 0.717) is 30.6 Å². The van der Waals surface area contributed by atoms with Gasteiger partial charge in [0.1, 0.15) is 0 Å². The number of benzene rings is 1. The van der Waals surface area contributed by atoms with Crippen LogP contribution >= 0.6 is 0 Å². The smallest absolute Gasteiger partial charge is 0.251 e. The predicted molar refractivity (Wildman–Crippen MR) is 134 cm³/mol. The Labute approximate surface area is 204 Å². The number of rotatable bonds is 10. The van der Waals surface area contributed by atoms with Crippen molar-refractivity contribution in [3.63, 3.8) is 0 Å². The molecule has 0 unspecified atom stereocenters. The number of aromatic nitrogens is 4. The second-order valence-corrected chi connectivity index (χ2v) is 9.07. The van der Waals surface area contributed by atoms with E-state index in [1.165, 1.54) is 6.20 Å². The number of carbonyl (C=O) groups excluding carboxylic acids is 2. The van der Waals surface area contributed by atoms with Crippen molar-refractivity contribution in [2.75, 3.05) is 11.1 Å². The number of anilines is 2. The number of nitrogen functional groups attached to an aromatic ring is 1. The highest BCUT2D eigenvalue weighted by Crippen LogP contribution is 2.19. The minimum atomic E-state index is -0.322. The molecule has 0 aliphatic carbocycles. The summed E-state index contributed by atoms with van der Waals surface area (Å²) in [5.74, 6) is -0.614. The van der Waals surface area contributed by atoms with Gasteiger partial charge in [-0.3, -0.25) is 9.59 Å². The first-order chi connectivity index (χ1) is 16.6. The molecule has 2 aromatic heterocycles. The number of nitrogens with two attached hydrogens (primary N) is 1. The van der Waals surface area contributed by atoms with Crippen LogP contribution in [0.2, 0.25) is 0 Å². The zero-order valence-corrected chi connectivity index (χ0v) is 20.4. The van der Waals surface area contributed by atoms with E-state index in [1.54, 1.807) is 24.3 Å². The molecule has 35 heavy (non-hydrogen) atoms. The molecule has 3 rings (SSSR count). The van der Waals surface area contributed by atoms with Gasteiger partial charge >= 0.3 is 0 Å². The average molecular weight is 481 g/mol. The first kappa shape index (κ1) is 25.6. The van der Waals surface area contributed by atoms with Crippen molar-refractivity contribution >= 4 is 34.6 Å². The lowest BCUT2D eigenvalue weighted by Crippen LogP contribution is -2.43. The van der Waals surface area contributed by atoms with E-state index in [-0.39, 0.29) is 46.4 Å². The van der Waals surface area contributed by atoms with Crippen LogP contribution in [0.4, 0.5) is 11.6 Å². The van der Waals surface area contributed by atoms with Crippen molar-refractivity contribution in [2.24, 2.45) is 0 Å². The third-order valence-corrected chi connectivity index (χ3v) is 5.62. The number of hydrogen-bond donors (Lipinski definition) is 5. The third kappa shape index (κ3) is 7.23. The van der Waals surface area contributed by atoms with Gasteiger partial charge in [-0.25, -0.2) is 9.97 Å². The summed E-state index contributed by atoms with van der Waals surface area (Å²) >= 11 is 0. The summed E-state index contributed by atoms with van der Waals surface area (Å²) < 4.78 is 0. The fourth-order valence-electron chi connectivity index (χ4n) is 3.22. The van der Waals surface area contributed by atoms with Gasteiger partial charge in [-0.2, -0.15) is 9.97 Å². The van der Waals surface area contributed by atoms with E-state index in [2.05, 4.69) is 35.9 Å². The standard InChI is InChI=1S/C24H32N8O3/c1-5-24(3,4)32-18(33)11-6-14(2)28-21(34)15-7-9-16(10-8-15)26-12-17-13-27-20-19(29-17)22(35)31-23(25)30-20/h7-10,13-14,26H,5-6,11-12H2,1-4H3,(H,28,34)(H,32,33)(H3,25,27,30,31,35)/t14-/m1/s1. The lowest BCUT2D eigenvalue weighted by atomic mass is 10.0. The zero-order valence-electron chi connectivity index (χ0n) is 20.4. The van der Waals surface area contributed by atoms with Crippen molar-refractivity contribution < 1.29 is 14.7 Å². The van der Waals surface area contributed by atoms with Crippen LogP contribution < -0.4 is 21.7 Å². The molecule has 0 aliphatic rings. The number of amides is 2. The second kappa shape index (κ2) is 10.9. The molecule has 0 saturated carbocycles. The van der Waals surface area contributed by atoms with Crippen molar-refractivity contribution in [3.05, 3.63) is 41.7 Å². The fraction of sp³-hybridized carbons (Fsp3) is 0.417. The summed E-state index contributed by atoms with van der Waals surface area (Å²) in [5.41, 5.74) is 7.53.